The molecule has 1 aliphatic rings. The fourth-order valence-electron chi connectivity index (χ4n) is 1.36. The van der Waals surface area contributed by atoms with E-state index in [-0.39, 0.29) is 0 Å². The van der Waals surface area contributed by atoms with E-state index in [9.17, 15) is 8.42 Å². The van der Waals surface area contributed by atoms with E-state index in [1.165, 1.54) is 10.6 Å². The fraction of sp³-hybridized carbons (Fsp3) is 0.400. The molecule has 0 radical (unpaired) electrons. The number of anilines is 1. The molecular formula is C10H15NO4S3. The van der Waals surface area contributed by atoms with Crippen molar-refractivity contribution in [3.05, 3.63) is 24.3 Å². The van der Waals surface area contributed by atoms with Gasteiger partial charge in [-0.15, -0.1) is 11.8 Å². The van der Waals surface area contributed by atoms with Crippen LogP contribution in [0.25, 0.3) is 0 Å². The molecule has 1 N–H and O–H groups in total. The van der Waals surface area contributed by atoms with Crippen molar-refractivity contribution in [2.75, 3.05) is 25.3 Å². The molecule has 0 aromatic heterocycles. The Balaban J connectivity index is 0.000000232. The van der Waals surface area contributed by atoms with Gasteiger partial charge in [-0.2, -0.15) is 8.42 Å². The van der Waals surface area contributed by atoms with Crippen molar-refractivity contribution in [2.24, 2.45) is 0 Å². The average Bonchev–Trinajstić information content (AvgIpc) is 2.67. The Bertz CT molecular complexity index is 492. The summed E-state index contributed by atoms with van der Waals surface area (Å²) in [6, 6.07) is 8.56. The van der Waals surface area contributed by atoms with E-state index in [0.717, 1.165) is 7.11 Å². The zero-order valence-electron chi connectivity index (χ0n) is 10.2. The number of rotatable bonds is 2. The summed E-state index contributed by atoms with van der Waals surface area (Å²) in [5.74, 6) is 0. The maximum Gasteiger partial charge on any atom is 0.397 e. The Morgan fingerprint density at radius 2 is 2.00 bits per heavy atom. The number of fused-ring (bicyclic) bond motifs is 1. The van der Waals surface area contributed by atoms with Crippen LogP contribution < -0.4 is 4.90 Å². The highest BCUT2D eigenvalue weighted by molar-refractivity contribution is 8.17. The molecule has 1 unspecified atom stereocenters. The van der Waals surface area contributed by atoms with Gasteiger partial charge in [0.2, 0.25) is 0 Å². The highest BCUT2D eigenvalue weighted by atomic mass is 32.3. The minimum atomic E-state index is -4.16. The molecule has 0 amide bonds. The van der Waals surface area contributed by atoms with E-state index in [4.69, 9.17) is 4.55 Å². The molecule has 2 rings (SSSR count). The van der Waals surface area contributed by atoms with Crippen molar-refractivity contribution < 1.29 is 17.2 Å². The third-order valence-corrected chi connectivity index (χ3v) is 5.33. The normalized spacial score (nSPS) is 18.0. The molecule has 0 fully saturated rings. The van der Waals surface area contributed by atoms with E-state index >= 15 is 0 Å². The minimum Gasteiger partial charge on any atom is -0.353 e. The van der Waals surface area contributed by atoms with Gasteiger partial charge in [0.05, 0.1) is 12.8 Å². The Morgan fingerprint density at radius 3 is 2.44 bits per heavy atom. The number of hydrogen-bond donors (Lipinski definition) is 1. The molecule has 5 nitrogen and oxygen atoms in total. The average molecular weight is 309 g/mol. The quantitative estimate of drug-likeness (QED) is 0.841. The van der Waals surface area contributed by atoms with Crippen molar-refractivity contribution in [3.8, 4) is 0 Å². The lowest BCUT2D eigenvalue weighted by atomic mass is 10.3. The maximum atomic E-state index is 9.33. The minimum absolute atomic E-state index is 0.558. The first-order chi connectivity index (χ1) is 8.39. The molecule has 1 heterocycles. The van der Waals surface area contributed by atoms with Crippen LogP contribution >= 0.6 is 23.5 Å². The Hall–Kier alpha value is -0.410. The smallest absolute Gasteiger partial charge is 0.353 e. The summed E-state index contributed by atoms with van der Waals surface area (Å²) in [7, 11) is -1.14. The highest BCUT2D eigenvalue weighted by Crippen LogP contribution is 2.45. The predicted molar refractivity (Wildman–Crippen MR) is 76.6 cm³/mol. The van der Waals surface area contributed by atoms with E-state index in [2.05, 4.69) is 46.7 Å². The van der Waals surface area contributed by atoms with Crippen molar-refractivity contribution in [2.45, 2.75) is 9.60 Å². The van der Waals surface area contributed by atoms with Gasteiger partial charge in [-0.05, 0) is 18.4 Å². The highest BCUT2D eigenvalue weighted by Gasteiger charge is 2.25. The van der Waals surface area contributed by atoms with Gasteiger partial charge in [0, 0.05) is 11.9 Å². The Morgan fingerprint density at radius 1 is 1.44 bits per heavy atom. The molecule has 0 saturated carbocycles. The van der Waals surface area contributed by atoms with Crippen LogP contribution in [-0.2, 0) is 14.6 Å². The first-order valence-corrected chi connectivity index (χ1v) is 8.46. The van der Waals surface area contributed by atoms with Gasteiger partial charge in [-0.3, -0.25) is 8.74 Å². The van der Waals surface area contributed by atoms with Gasteiger partial charge >= 0.3 is 10.4 Å². The molecule has 0 spiro atoms. The lowest BCUT2D eigenvalue weighted by Crippen LogP contribution is -2.20. The molecule has 102 valence electrons. The SMILES string of the molecule is COS(=O)(=O)O.CSC1Sc2ccccc2N1C. The number of nitrogens with zero attached hydrogens (tertiary/aromatic N) is 1. The summed E-state index contributed by atoms with van der Waals surface area (Å²) in [5.41, 5.74) is 1.36. The van der Waals surface area contributed by atoms with Gasteiger partial charge in [0.15, 0.2) is 0 Å². The molecule has 18 heavy (non-hydrogen) atoms. The summed E-state index contributed by atoms with van der Waals surface area (Å²) < 4.78 is 30.3. The predicted octanol–water partition coefficient (Wildman–Crippen LogP) is 2.31. The molecule has 1 atom stereocenters. The van der Waals surface area contributed by atoms with E-state index in [1.807, 2.05) is 23.5 Å². The van der Waals surface area contributed by atoms with Crippen molar-refractivity contribution in [1.29, 1.82) is 0 Å². The van der Waals surface area contributed by atoms with Gasteiger partial charge in [-0.25, -0.2) is 0 Å². The molecule has 0 aliphatic carbocycles. The molecule has 0 saturated heterocycles. The van der Waals surface area contributed by atoms with Gasteiger partial charge in [-0.1, -0.05) is 23.9 Å². The maximum absolute atomic E-state index is 9.33. The topological polar surface area (TPSA) is 66.8 Å². The Labute approximate surface area is 116 Å². The van der Waals surface area contributed by atoms with Gasteiger partial charge in [0.25, 0.3) is 0 Å². The second-order valence-electron chi connectivity index (χ2n) is 3.33. The second-order valence-corrected chi connectivity index (χ2v) is 6.86. The first-order valence-electron chi connectivity index (χ1n) is 4.93. The van der Waals surface area contributed by atoms with Crippen molar-refractivity contribution in [1.82, 2.24) is 0 Å². The summed E-state index contributed by atoms with van der Waals surface area (Å²) in [5, 5.41) is 0. The molecular weight excluding hydrogens is 294 g/mol. The Kier molecular flexibility index (Phi) is 5.80. The largest absolute Gasteiger partial charge is 0.397 e. The summed E-state index contributed by atoms with van der Waals surface area (Å²) in [4.78, 5) is 3.73. The summed E-state index contributed by atoms with van der Waals surface area (Å²) in [6.07, 6.45) is 2.15. The number of thioether (sulfide) groups is 2. The lowest BCUT2D eigenvalue weighted by molar-refractivity contribution is 0.324. The van der Waals surface area contributed by atoms with Crippen LogP contribution in [-0.4, -0.2) is 38.1 Å². The molecule has 8 heteroatoms. The standard InChI is InChI=1S/C9H11NS2.CH4O4S/c1-10-7-5-3-4-6-8(7)12-9(10)11-2;1-5-6(2,3)4/h3-6,9H,1-2H3;1H3,(H,2,3,4). The first kappa shape index (κ1) is 15.6. The van der Waals surface area contributed by atoms with Crippen LogP contribution in [0.1, 0.15) is 0 Å². The van der Waals surface area contributed by atoms with Crippen LogP contribution in [0.5, 0.6) is 0 Å². The summed E-state index contributed by atoms with van der Waals surface area (Å²) in [6.45, 7) is 0. The van der Waals surface area contributed by atoms with Crippen LogP contribution in [0.3, 0.4) is 0 Å². The van der Waals surface area contributed by atoms with Crippen molar-refractivity contribution >= 4 is 39.6 Å². The summed E-state index contributed by atoms with van der Waals surface area (Å²) >= 11 is 3.82. The van der Waals surface area contributed by atoms with Gasteiger partial charge < -0.3 is 4.90 Å². The molecule has 1 aromatic carbocycles. The third kappa shape index (κ3) is 4.36. The van der Waals surface area contributed by atoms with Crippen molar-refractivity contribution in [3.63, 3.8) is 0 Å². The molecule has 0 bridgehead atoms. The number of para-hydroxylation sites is 1. The van der Waals surface area contributed by atoms with Gasteiger partial charge in [0.1, 0.15) is 4.71 Å². The van der Waals surface area contributed by atoms with Crippen LogP contribution in [0.15, 0.2) is 29.2 Å². The van der Waals surface area contributed by atoms with Crippen LogP contribution in [0.2, 0.25) is 0 Å². The van der Waals surface area contributed by atoms with Crippen LogP contribution in [0.4, 0.5) is 5.69 Å². The van der Waals surface area contributed by atoms with E-state index in [1.54, 1.807) is 0 Å². The lowest BCUT2D eigenvalue weighted by Gasteiger charge is -2.18. The zero-order chi connectivity index (χ0) is 13.8. The number of hydrogen-bond acceptors (Lipinski definition) is 6. The molecule has 1 aliphatic heterocycles. The van der Waals surface area contributed by atoms with E-state index in [0.29, 0.717) is 4.71 Å². The van der Waals surface area contributed by atoms with Crippen LogP contribution in [0, 0.1) is 0 Å². The molecule has 1 aromatic rings. The fourth-order valence-corrected chi connectivity index (χ4v) is 3.46. The third-order valence-electron chi connectivity index (χ3n) is 2.20. The van der Waals surface area contributed by atoms with E-state index < -0.39 is 10.4 Å². The second kappa shape index (κ2) is 6.67. The monoisotopic (exact) mass is 309 g/mol. The number of benzene rings is 1. The zero-order valence-corrected chi connectivity index (χ0v) is 12.7.